The van der Waals surface area contributed by atoms with E-state index < -0.39 is 5.60 Å². The van der Waals surface area contributed by atoms with Crippen LogP contribution in [0.3, 0.4) is 0 Å². The number of aldehydes is 1. The predicted molar refractivity (Wildman–Crippen MR) is 68.9 cm³/mol. The Hall–Kier alpha value is -1.85. The minimum absolute atomic E-state index is 0.337. The molecule has 0 atom stereocenters. The molecule has 6 heteroatoms. The lowest BCUT2D eigenvalue weighted by molar-refractivity contribution is 0.0221. The summed E-state index contributed by atoms with van der Waals surface area (Å²) < 4.78 is 6.90. The zero-order valence-electron chi connectivity index (χ0n) is 11.8. The molecular formula is C13H19N3O3. The fourth-order valence-electron chi connectivity index (χ4n) is 2.17. The van der Waals surface area contributed by atoms with Gasteiger partial charge in [-0.1, -0.05) is 0 Å². The van der Waals surface area contributed by atoms with Gasteiger partial charge in [0, 0.05) is 19.2 Å². The van der Waals surface area contributed by atoms with Gasteiger partial charge in [0.1, 0.15) is 11.3 Å². The summed E-state index contributed by atoms with van der Waals surface area (Å²) in [5.74, 6) is 0. The second-order valence-electron chi connectivity index (χ2n) is 5.70. The summed E-state index contributed by atoms with van der Waals surface area (Å²) >= 11 is 0. The fourth-order valence-corrected chi connectivity index (χ4v) is 2.17. The number of fused-ring (bicyclic) bond motifs is 1. The number of carbonyl (C=O) groups is 2. The first-order chi connectivity index (χ1) is 8.81. The van der Waals surface area contributed by atoms with Crippen molar-refractivity contribution in [2.75, 3.05) is 6.54 Å². The van der Waals surface area contributed by atoms with Crippen LogP contribution in [-0.4, -0.2) is 39.2 Å². The third-order valence-corrected chi connectivity index (χ3v) is 3.01. The van der Waals surface area contributed by atoms with E-state index >= 15 is 0 Å². The van der Waals surface area contributed by atoms with Crippen LogP contribution in [0.4, 0.5) is 4.79 Å². The van der Waals surface area contributed by atoms with Crippen LogP contribution >= 0.6 is 0 Å². The molecule has 104 valence electrons. The van der Waals surface area contributed by atoms with Crippen LogP contribution in [0.15, 0.2) is 0 Å². The number of hydrogen-bond donors (Lipinski definition) is 0. The molecule has 0 N–H and O–H groups in total. The summed E-state index contributed by atoms with van der Waals surface area (Å²) in [6.45, 7) is 6.46. The van der Waals surface area contributed by atoms with Crippen LogP contribution < -0.4 is 0 Å². The van der Waals surface area contributed by atoms with Crippen molar-refractivity contribution < 1.29 is 14.3 Å². The quantitative estimate of drug-likeness (QED) is 0.722. The lowest BCUT2D eigenvalue weighted by atomic mass is 10.1. The van der Waals surface area contributed by atoms with Crippen molar-refractivity contribution in [1.82, 2.24) is 14.7 Å². The molecule has 1 aromatic rings. The summed E-state index contributed by atoms with van der Waals surface area (Å²) in [5, 5.41) is 4.29. The van der Waals surface area contributed by atoms with E-state index in [9.17, 15) is 9.59 Å². The standard InChI is InChI=1S/C13H19N3O3/c1-13(2,3)19-12(18)16-6-5-9-10(7-16)14-15(4)11(9)8-17/h8H,5-7H2,1-4H3. The molecule has 0 radical (unpaired) electrons. The normalized spacial score (nSPS) is 15.1. The van der Waals surface area contributed by atoms with Crippen LogP contribution in [0.25, 0.3) is 0 Å². The van der Waals surface area contributed by atoms with E-state index in [0.717, 1.165) is 17.5 Å². The molecule has 19 heavy (non-hydrogen) atoms. The Morgan fingerprint density at radius 3 is 2.68 bits per heavy atom. The third kappa shape index (κ3) is 2.77. The van der Waals surface area contributed by atoms with Gasteiger partial charge in [0.15, 0.2) is 6.29 Å². The summed E-state index contributed by atoms with van der Waals surface area (Å²) in [7, 11) is 1.74. The van der Waals surface area contributed by atoms with Gasteiger partial charge in [0.05, 0.1) is 12.2 Å². The molecule has 0 spiro atoms. The van der Waals surface area contributed by atoms with Gasteiger partial charge in [-0.25, -0.2) is 4.79 Å². The van der Waals surface area contributed by atoms with E-state index in [2.05, 4.69) is 5.10 Å². The number of aryl methyl sites for hydroxylation is 1. The largest absolute Gasteiger partial charge is 0.444 e. The summed E-state index contributed by atoms with van der Waals surface area (Å²) in [6.07, 6.45) is 1.11. The molecule has 0 saturated carbocycles. The van der Waals surface area contributed by atoms with Crippen molar-refractivity contribution in [2.24, 2.45) is 7.05 Å². The van der Waals surface area contributed by atoms with E-state index in [4.69, 9.17) is 4.74 Å². The first-order valence-corrected chi connectivity index (χ1v) is 6.29. The van der Waals surface area contributed by atoms with Gasteiger partial charge < -0.3 is 9.64 Å². The van der Waals surface area contributed by atoms with Crippen LogP contribution in [-0.2, 0) is 24.8 Å². The molecule has 0 unspecified atom stereocenters. The highest BCUT2D eigenvalue weighted by atomic mass is 16.6. The zero-order valence-corrected chi connectivity index (χ0v) is 11.8. The second-order valence-corrected chi connectivity index (χ2v) is 5.70. The highest BCUT2D eigenvalue weighted by Gasteiger charge is 2.29. The van der Waals surface area contributed by atoms with Crippen molar-refractivity contribution in [3.63, 3.8) is 0 Å². The van der Waals surface area contributed by atoms with Crippen molar-refractivity contribution in [2.45, 2.75) is 39.3 Å². The predicted octanol–water partition coefficient (Wildman–Crippen LogP) is 1.53. The Morgan fingerprint density at radius 1 is 1.42 bits per heavy atom. The van der Waals surface area contributed by atoms with E-state index in [1.54, 1.807) is 16.6 Å². The lowest BCUT2D eigenvalue weighted by Crippen LogP contribution is -2.39. The van der Waals surface area contributed by atoms with Gasteiger partial charge >= 0.3 is 6.09 Å². The monoisotopic (exact) mass is 265 g/mol. The van der Waals surface area contributed by atoms with Gasteiger partial charge in [-0.3, -0.25) is 9.48 Å². The SMILES string of the molecule is Cn1nc2c(c1C=O)CCN(C(=O)OC(C)(C)C)C2. The van der Waals surface area contributed by atoms with E-state index in [-0.39, 0.29) is 6.09 Å². The van der Waals surface area contributed by atoms with Crippen LogP contribution in [0.1, 0.15) is 42.5 Å². The first-order valence-electron chi connectivity index (χ1n) is 6.29. The van der Waals surface area contributed by atoms with E-state index in [0.29, 0.717) is 25.2 Å². The molecule has 0 saturated heterocycles. The number of nitrogens with zero attached hydrogens (tertiary/aromatic N) is 3. The molecule has 1 aliphatic rings. The Morgan fingerprint density at radius 2 is 2.11 bits per heavy atom. The number of aromatic nitrogens is 2. The minimum atomic E-state index is -0.505. The number of amides is 1. The third-order valence-electron chi connectivity index (χ3n) is 3.01. The summed E-state index contributed by atoms with van der Waals surface area (Å²) in [6, 6.07) is 0. The van der Waals surface area contributed by atoms with Crippen LogP contribution in [0.2, 0.25) is 0 Å². The fraction of sp³-hybridized carbons (Fsp3) is 0.615. The van der Waals surface area contributed by atoms with E-state index in [1.807, 2.05) is 20.8 Å². The van der Waals surface area contributed by atoms with Gasteiger partial charge in [-0.15, -0.1) is 0 Å². The molecule has 1 aromatic heterocycles. The summed E-state index contributed by atoms with van der Waals surface area (Å²) in [4.78, 5) is 24.6. The highest BCUT2D eigenvalue weighted by Crippen LogP contribution is 2.22. The topological polar surface area (TPSA) is 64.4 Å². The maximum absolute atomic E-state index is 12.0. The second kappa shape index (κ2) is 4.68. The lowest BCUT2D eigenvalue weighted by Gasteiger charge is -2.29. The smallest absolute Gasteiger partial charge is 0.410 e. The zero-order chi connectivity index (χ0) is 14.2. The maximum Gasteiger partial charge on any atom is 0.410 e. The minimum Gasteiger partial charge on any atom is -0.444 e. The Balaban J connectivity index is 2.15. The molecule has 1 amide bonds. The molecule has 0 aliphatic carbocycles. The van der Waals surface area contributed by atoms with Gasteiger partial charge in [-0.05, 0) is 27.2 Å². The average Bonchev–Trinajstić information content (AvgIpc) is 2.60. The van der Waals surface area contributed by atoms with Gasteiger partial charge in [0.2, 0.25) is 0 Å². The van der Waals surface area contributed by atoms with Crippen molar-refractivity contribution in [3.8, 4) is 0 Å². The van der Waals surface area contributed by atoms with Crippen molar-refractivity contribution in [1.29, 1.82) is 0 Å². The molecule has 6 nitrogen and oxygen atoms in total. The maximum atomic E-state index is 12.0. The first kappa shape index (κ1) is 13.6. The Labute approximate surface area is 112 Å². The molecular weight excluding hydrogens is 246 g/mol. The number of ether oxygens (including phenoxy) is 1. The molecule has 0 fully saturated rings. The summed E-state index contributed by atoms with van der Waals surface area (Å²) in [5.41, 5.74) is 1.81. The molecule has 0 aromatic carbocycles. The van der Waals surface area contributed by atoms with Gasteiger partial charge in [-0.2, -0.15) is 5.10 Å². The van der Waals surface area contributed by atoms with Crippen molar-refractivity contribution >= 4 is 12.4 Å². The molecule has 1 aliphatic heterocycles. The van der Waals surface area contributed by atoms with Crippen molar-refractivity contribution in [3.05, 3.63) is 17.0 Å². The van der Waals surface area contributed by atoms with Crippen LogP contribution in [0, 0.1) is 0 Å². The van der Waals surface area contributed by atoms with Crippen LogP contribution in [0.5, 0.6) is 0 Å². The number of carbonyl (C=O) groups excluding carboxylic acids is 2. The molecule has 2 heterocycles. The Kier molecular flexibility index (Phi) is 3.34. The highest BCUT2D eigenvalue weighted by molar-refractivity contribution is 5.76. The Bertz CT molecular complexity index is 514. The number of hydrogen-bond acceptors (Lipinski definition) is 4. The average molecular weight is 265 g/mol. The number of rotatable bonds is 1. The van der Waals surface area contributed by atoms with E-state index in [1.165, 1.54) is 0 Å². The van der Waals surface area contributed by atoms with Gasteiger partial charge in [0.25, 0.3) is 0 Å². The molecule has 2 rings (SSSR count). The molecule has 0 bridgehead atoms.